The van der Waals surface area contributed by atoms with Crippen LogP contribution in [0.1, 0.15) is 0 Å². The number of nitrogens with one attached hydrogen (secondary N) is 4. The number of pyridine rings is 1. The second-order valence-electron chi connectivity index (χ2n) is 8.52. The predicted molar refractivity (Wildman–Crippen MR) is 133 cm³/mol. The summed E-state index contributed by atoms with van der Waals surface area (Å²) in [5.74, 6) is 2.08. The number of anilines is 2. The lowest BCUT2D eigenvalue weighted by Gasteiger charge is -2.26. The molecule has 0 spiro atoms. The molecule has 0 bridgehead atoms. The van der Waals surface area contributed by atoms with Gasteiger partial charge in [0.15, 0.2) is 22.6 Å². The molecule has 4 aromatic rings. The minimum atomic E-state index is -0.0463. The summed E-state index contributed by atoms with van der Waals surface area (Å²) in [6.07, 6.45) is 1.63. The highest BCUT2D eigenvalue weighted by Gasteiger charge is 2.24. The standard InChI is InChI=1S/C25H26N8O3/c26-22-23(27)33(21-9-8-18(16-28-21)35-15-12-31-10-13-34-14-11-31)25-24(29-36-30-25)32(22)20-7-3-5-17-4-1-2-6-19(17)20/h1-9,16,26-27,29-30H,10-15H2. The van der Waals surface area contributed by atoms with Gasteiger partial charge in [-0.05, 0) is 23.6 Å². The van der Waals surface area contributed by atoms with Crippen LogP contribution in [0.25, 0.3) is 22.3 Å². The number of hydrogen-bond donors (Lipinski definition) is 4. The van der Waals surface area contributed by atoms with Crippen molar-refractivity contribution in [2.75, 3.05) is 50.4 Å². The summed E-state index contributed by atoms with van der Waals surface area (Å²) in [7, 11) is 0. The third-order valence-corrected chi connectivity index (χ3v) is 6.38. The van der Waals surface area contributed by atoms with E-state index >= 15 is 0 Å². The maximum absolute atomic E-state index is 8.86. The fourth-order valence-corrected chi connectivity index (χ4v) is 4.54. The van der Waals surface area contributed by atoms with Crippen LogP contribution < -0.4 is 26.7 Å². The lowest BCUT2D eigenvalue weighted by molar-refractivity contribution is 0.0322. The van der Waals surface area contributed by atoms with E-state index in [-0.39, 0.29) is 11.0 Å². The Balaban J connectivity index is 1.33. The topological polar surface area (TPSA) is 125 Å². The Morgan fingerprint density at radius 3 is 2.44 bits per heavy atom. The number of morpholine rings is 1. The summed E-state index contributed by atoms with van der Waals surface area (Å²) in [6, 6.07) is 17.4. The Bertz CT molecular complexity index is 1520. The Kier molecular flexibility index (Phi) is 5.85. The smallest absolute Gasteiger partial charge is 0.184 e. The molecule has 2 aromatic heterocycles. The molecule has 36 heavy (non-hydrogen) atoms. The summed E-state index contributed by atoms with van der Waals surface area (Å²) in [5, 5.41) is 19.7. The molecule has 0 aliphatic carbocycles. The minimum Gasteiger partial charge on any atom is -0.491 e. The number of rotatable bonds is 6. The van der Waals surface area contributed by atoms with Crippen LogP contribution in [-0.2, 0) is 9.68 Å². The highest BCUT2D eigenvalue weighted by atomic mass is 16.8. The number of fused-ring (bicyclic) bond motifs is 2. The van der Waals surface area contributed by atoms with Gasteiger partial charge in [0.1, 0.15) is 18.2 Å². The zero-order valence-electron chi connectivity index (χ0n) is 19.5. The first-order chi connectivity index (χ1) is 17.7. The minimum absolute atomic E-state index is 0.0162. The van der Waals surface area contributed by atoms with Gasteiger partial charge in [0.2, 0.25) is 0 Å². The van der Waals surface area contributed by atoms with Crippen molar-refractivity contribution in [1.82, 2.24) is 19.0 Å². The van der Waals surface area contributed by atoms with Gasteiger partial charge in [0, 0.05) is 25.0 Å². The van der Waals surface area contributed by atoms with Gasteiger partial charge in [-0.15, -0.1) is 0 Å². The largest absolute Gasteiger partial charge is 0.491 e. The van der Waals surface area contributed by atoms with Gasteiger partial charge >= 0.3 is 0 Å². The highest BCUT2D eigenvalue weighted by molar-refractivity contribution is 5.91. The number of benzene rings is 2. The van der Waals surface area contributed by atoms with E-state index in [4.69, 9.17) is 25.2 Å². The molecule has 2 aromatic carbocycles. The first-order valence-corrected chi connectivity index (χ1v) is 11.8. The number of ether oxygens (including phenoxy) is 2. The molecule has 1 fully saturated rings. The molecule has 6 rings (SSSR count). The Hall–Kier alpha value is -4.19. The van der Waals surface area contributed by atoms with E-state index in [9.17, 15) is 0 Å². The summed E-state index contributed by atoms with van der Waals surface area (Å²) >= 11 is 0. The summed E-state index contributed by atoms with van der Waals surface area (Å²) < 4.78 is 14.5. The fourth-order valence-electron chi connectivity index (χ4n) is 4.54. The fraction of sp³-hybridized carbons (Fsp3) is 0.240. The molecule has 11 heteroatoms. The van der Waals surface area contributed by atoms with Gasteiger partial charge in [-0.3, -0.25) is 24.9 Å². The Morgan fingerprint density at radius 1 is 0.889 bits per heavy atom. The lowest BCUT2D eigenvalue weighted by atomic mass is 10.1. The second kappa shape index (κ2) is 9.46. The van der Waals surface area contributed by atoms with E-state index < -0.39 is 0 Å². The molecular formula is C25H26N8O3. The lowest BCUT2D eigenvalue weighted by Crippen LogP contribution is -2.41. The van der Waals surface area contributed by atoms with Crippen molar-refractivity contribution >= 4 is 22.4 Å². The zero-order chi connectivity index (χ0) is 24.5. The molecule has 184 valence electrons. The molecule has 2 aliphatic rings. The van der Waals surface area contributed by atoms with Gasteiger partial charge in [0.25, 0.3) is 0 Å². The van der Waals surface area contributed by atoms with Crippen LogP contribution in [0.5, 0.6) is 5.75 Å². The van der Waals surface area contributed by atoms with E-state index in [0.29, 0.717) is 29.8 Å². The van der Waals surface area contributed by atoms with Gasteiger partial charge in [-0.25, -0.2) is 15.9 Å². The molecule has 4 heterocycles. The van der Waals surface area contributed by atoms with E-state index in [1.165, 1.54) is 4.57 Å². The molecule has 4 N–H and O–H groups in total. The van der Waals surface area contributed by atoms with E-state index in [0.717, 1.165) is 49.3 Å². The van der Waals surface area contributed by atoms with Crippen LogP contribution in [0.15, 0.2) is 60.8 Å². The van der Waals surface area contributed by atoms with Gasteiger partial charge < -0.3 is 9.47 Å². The van der Waals surface area contributed by atoms with Crippen LogP contribution >= 0.6 is 0 Å². The zero-order valence-corrected chi connectivity index (χ0v) is 19.5. The van der Waals surface area contributed by atoms with Crippen molar-refractivity contribution in [2.24, 2.45) is 0 Å². The number of nitrogens with zero attached hydrogens (tertiary/aromatic N) is 4. The molecule has 1 saturated heterocycles. The molecular weight excluding hydrogens is 460 g/mol. The van der Waals surface area contributed by atoms with E-state index in [2.05, 4.69) is 20.8 Å². The maximum atomic E-state index is 8.86. The van der Waals surface area contributed by atoms with Crippen LogP contribution in [0, 0.1) is 10.8 Å². The SMILES string of the molecule is N=c1c(=N)n(-c2cccc3ccccc23)c2c(n1-c1ccc(OCCN3CCOCC3)cn1)NON2. The first-order valence-electron chi connectivity index (χ1n) is 11.8. The van der Waals surface area contributed by atoms with Crippen molar-refractivity contribution in [3.8, 4) is 17.3 Å². The molecule has 11 nitrogen and oxygen atoms in total. The Morgan fingerprint density at radius 2 is 1.64 bits per heavy atom. The second-order valence-corrected chi connectivity index (χ2v) is 8.52. The van der Waals surface area contributed by atoms with Gasteiger partial charge in [0.05, 0.1) is 25.1 Å². The predicted octanol–water partition coefficient (Wildman–Crippen LogP) is 2.17. The highest BCUT2D eigenvalue weighted by Crippen LogP contribution is 2.31. The normalized spacial score (nSPS) is 15.3. The third-order valence-electron chi connectivity index (χ3n) is 6.38. The average Bonchev–Trinajstić information content (AvgIpc) is 3.40. The number of aromatic nitrogens is 3. The van der Waals surface area contributed by atoms with E-state index in [1.807, 2.05) is 48.5 Å². The average molecular weight is 487 g/mol. The molecule has 0 saturated carbocycles. The van der Waals surface area contributed by atoms with Gasteiger partial charge in [-0.1, -0.05) is 36.4 Å². The summed E-state index contributed by atoms with van der Waals surface area (Å²) in [4.78, 5) is 12.1. The molecule has 0 amide bonds. The molecule has 2 aliphatic heterocycles. The van der Waals surface area contributed by atoms with E-state index in [1.54, 1.807) is 16.8 Å². The maximum Gasteiger partial charge on any atom is 0.184 e. The summed E-state index contributed by atoms with van der Waals surface area (Å²) in [6.45, 7) is 4.73. The van der Waals surface area contributed by atoms with Crippen molar-refractivity contribution < 1.29 is 14.4 Å². The van der Waals surface area contributed by atoms with Crippen molar-refractivity contribution in [2.45, 2.75) is 0 Å². The quantitative estimate of drug-likeness (QED) is 0.329. The van der Waals surface area contributed by atoms with Gasteiger partial charge in [-0.2, -0.15) is 4.94 Å². The molecule has 0 atom stereocenters. The van der Waals surface area contributed by atoms with Crippen molar-refractivity contribution in [1.29, 1.82) is 10.8 Å². The van der Waals surface area contributed by atoms with Crippen LogP contribution in [0.4, 0.5) is 11.6 Å². The van der Waals surface area contributed by atoms with Crippen LogP contribution in [0.2, 0.25) is 0 Å². The third kappa shape index (κ3) is 3.98. The molecule has 0 unspecified atom stereocenters. The van der Waals surface area contributed by atoms with Crippen LogP contribution in [-0.4, -0.2) is 58.5 Å². The van der Waals surface area contributed by atoms with Crippen LogP contribution in [0.3, 0.4) is 0 Å². The first kappa shape index (κ1) is 22.3. The monoisotopic (exact) mass is 486 g/mol. The van der Waals surface area contributed by atoms with Crippen molar-refractivity contribution in [3.63, 3.8) is 0 Å². The summed E-state index contributed by atoms with van der Waals surface area (Å²) in [5.41, 5.74) is 6.37. The van der Waals surface area contributed by atoms with Crippen molar-refractivity contribution in [3.05, 3.63) is 71.8 Å². The number of hydrogen-bond acceptors (Lipinski definition) is 9. The Labute approximate surface area is 206 Å². The molecule has 0 radical (unpaired) electrons.